The Kier molecular flexibility index (Phi) is 3.28. The lowest BCUT2D eigenvalue weighted by Crippen LogP contribution is -2.19. The maximum Gasteiger partial charge on any atom is 0.153 e. The maximum atomic E-state index is 10.9. The second-order valence-electron chi connectivity index (χ2n) is 4.70. The quantitative estimate of drug-likeness (QED) is 0.725. The molecule has 0 aromatic heterocycles. The predicted molar refractivity (Wildman–Crippen MR) is 64.1 cm³/mol. The van der Waals surface area contributed by atoms with Gasteiger partial charge in [-0.15, -0.1) is 0 Å². The van der Waals surface area contributed by atoms with Crippen molar-refractivity contribution < 1.29 is 9.53 Å². The van der Waals surface area contributed by atoms with E-state index in [1.165, 1.54) is 24.8 Å². The van der Waals surface area contributed by atoms with E-state index in [4.69, 9.17) is 4.74 Å². The van der Waals surface area contributed by atoms with Gasteiger partial charge in [0, 0.05) is 0 Å². The molecule has 0 aliphatic heterocycles. The summed E-state index contributed by atoms with van der Waals surface area (Å²) >= 11 is 0. The summed E-state index contributed by atoms with van der Waals surface area (Å²) in [5.41, 5.74) is 2.98. The van der Waals surface area contributed by atoms with Gasteiger partial charge in [-0.2, -0.15) is 0 Å². The summed E-state index contributed by atoms with van der Waals surface area (Å²) in [6, 6.07) is 3.87. The molecule has 1 aliphatic carbocycles. The first kappa shape index (κ1) is 11.2. The van der Waals surface area contributed by atoms with Gasteiger partial charge in [-0.3, -0.25) is 4.79 Å². The minimum Gasteiger partial charge on any atom is -0.493 e. The predicted octanol–water partition coefficient (Wildman–Crippen LogP) is 3.29. The Balaban J connectivity index is 2.11. The van der Waals surface area contributed by atoms with Crippen LogP contribution in [0.25, 0.3) is 0 Å². The van der Waals surface area contributed by atoms with Crippen molar-refractivity contribution in [2.45, 2.75) is 33.1 Å². The normalized spacial score (nSPS) is 15.6. The number of aldehydes is 1. The van der Waals surface area contributed by atoms with Gasteiger partial charge < -0.3 is 4.74 Å². The molecule has 16 heavy (non-hydrogen) atoms. The van der Waals surface area contributed by atoms with Crippen LogP contribution in [0, 0.1) is 19.8 Å². The Morgan fingerprint density at radius 2 is 2.00 bits per heavy atom. The zero-order valence-corrected chi connectivity index (χ0v) is 9.95. The third-order valence-corrected chi connectivity index (χ3v) is 3.45. The van der Waals surface area contributed by atoms with Crippen LogP contribution in [0.4, 0.5) is 0 Å². The summed E-state index contributed by atoms with van der Waals surface area (Å²) in [5, 5.41) is 0. The van der Waals surface area contributed by atoms with Gasteiger partial charge in [0.25, 0.3) is 0 Å². The maximum absolute atomic E-state index is 10.9. The number of hydrogen-bond acceptors (Lipinski definition) is 2. The zero-order chi connectivity index (χ0) is 11.5. The number of carbonyl (C=O) groups excluding carboxylic acids is 1. The van der Waals surface area contributed by atoms with Gasteiger partial charge in [-0.25, -0.2) is 0 Å². The van der Waals surface area contributed by atoms with Gasteiger partial charge in [-0.05, 0) is 55.9 Å². The van der Waals surface area contributed by atoms with Crippen LogP contribution in [0.5, 0.6) is 5.75 Å². The van der Waals surface area contributed by atoms with Crippen LogP contribution < -0.4 is 4.74 Å². The Morgan fingerprint density at radius 3 is 2.56 bits per heavy atom. The Morgan fingerprint density at radius 1 is 1.31 bits per heavy atom. The van der Waals surface area contributed by atoms with Crippen molar-refractivity contribution in [1.82, 2.24) is 0 Å². The van der Waals surface area contributed by atoms with Crippen molar-refractivity contribution in [1.29, 1.82) is 0 Å². The van der Waals surface area contributed by atoms with E-state index in [2.05, 4.69) is 0 Å². The standard InChI is InChI=1S/C14H18O2/c1-10-6-13(8-15)14(7-11(10)2)16-9-12-4-3-5-12/h6-8,12H,3-5,9H2,1-2H3. The molecule has 2 nitrogen and oxygen atoms in total. The van der Waals surface area contributed by atoms with E-state index in [1.54, 1.807) is 0 Å². The minimum absolute atomic E-state index is 0.669. The van der Waals surface area contributed by atoms with Crippen LogP contribution in [0.15, 0.2) is 12.1 Å². The molecule has 0 heterocycles. The molecule has 0 amide bonds. The van der Waals surface area contributed by atoms with Crippen molar-refractivity contribution in [3.8, 4) is 5.75 Å². The molecule has 1 aliphatic rings. The average Bonchev–Trinajstić information content (AvgIpc) is 2.20. The number of benzene rings is 1. The highest BCUT2D eigenvalue weighted by Gasteiger charge is 2.18. The van der Waals surface area contributed by atoms with Crippen molar-refractivity contribution in [3.63, 3.8) is 0 Å². The van der Waals surface area contributed by atoms with Gasteiger partial charge in [0.1, 0.15) is 5.75 Å². The lowest BCUT2D eigenvalue weighted by atomic mass is 9.86. The first-order valence-electron chi connectivity index (χ1n) is 5.90. The Hall–Kier alpha value is -1.31. The lowest BCUT2D eigenvalue weighted by Gasteiger charge is -2.25. The van der Waals surface area contributed by atoms with Gasteiger partial charge >= 0.3 is 0 Å². The SMILES string of the molecule is Cc1cc(C=O)c(OCC2CCC2)cc1C. The molecule has 86 valence electrons. The molecular formula is C14H18O2. The molecule has 1 aromatic rings. The molecule has 2 rings (SSSR count). The van der Waals surface area contributed by atoms with Crippen LogP contribution in [0.2, 0.25) is 0 Å². The number of hydrogen-bond donors (Lipinski definition) is 0. The van der Waals surface area contributed by atoms with Gasteiger partial charge in [-0.1, -0.05) is 6.42 Å². The second kappa shape index (κ2) is 4.69. The van der Waals surface area contributed by atoms with E-state index < -0.39 is 0 Å². The summed E-state index contributed by atoms with van der Waals surface area (Å²) < 4.78 is 5.74. The second-order valence-corrected chi connectivity index (χ2v) is 4.70. The molecule has 0 unspecified atom stereocenters. The molecule has 0 saturated heterocycles. The van der Waals surface area contributed by atoms with Gasteiger partial charge in [0.2, 0.25) is 0 Å². The molecule has 1 aromatic carbocycles. The summed E-state index contributed by atoms with van der Waals surface area (Å²) in [4.78, 5) is 10.9. The summed E-state index contributed by atoms with van der Waals surface area (Å²) in [6.07, 6.45) is 4.73. The third-order valence-electron chi connectivity index (χ3n) is 3.45. The highest BCUT2D eigenvalue weighted by molar-refractivity contribution is 5.80. The average molecular weight is 218 g/mol. The van der Waals surface area contributed by atoms with Crippen LogP contribution in [0.3, 0.4) is 0 Å². The largest absolute Gasteiger partial charge is 0.493 e. The van der Waals surface area contributed by atoms with Crippen LogP contribution >= 0.6 is 0 Å². The van der Waals surface area contributed by atoms with E-state index in [9.17, 15) is 4.79 Å². The molecule has 0 atom stereocenters. The summed E-state index contributed by atoms with van der Waals surface area (Å²) in [7, 11) is 0. The number of ether oxygens (including phenoxy) is 1. The molecular weight excluding hydrogens is 200 g/mol. The molecule has 1 saturated carbocycles. The van der Waals surface area contributed by atoms with Crippen LogP contribution in [-0.2, 0) is 0 Å². The first-order chi connectivity index (χ1) is 7.70. The Bertz CT molecular complexity index is 392. The minimum atomic E-state index is 0.669. The topological polar surface area (TPSA) is 26.3 Å². The molecule has 0 radical (unpaired) electrons. The number of aryl methyl sites for hydroxylation is 2. The molecule has 1 fully saturated rings. The first-order valence-corrected chi connectivity index (χ1v) is 5.90. The van der Waals surface area contributed by atoms with Crippen molar-refractivity contribution >= 4 is 6.29 Å². The fourth-order valence-electron chi connectivity index (χ4n) is 1.90. The fourth-order valence-corrected chi connectivity index (χ4v) is 1.90. The fraction of sp³-hybridized carbons (Fsp3) is 0.500. The smallest absolute Gasteiger partial charge is 0.153 e. The number of rotatable bonds is 4. The monoisotopic (exact) mass is 218 g/mol. The Labute approximate surface area is 96.6 Å². The van der Waals surface area contributed by atoms with Crippen molar-refractivity contribution in [2.75, 3.05) is 6.61 Å². The van der Waals surface area contributed by atoms with Crippen molar-refractivity contribution in [2.24, 2.45) is 5.92 Å². The van der Waals surface area contributed by atoms with Gasteiger partial charge in [0.05, 0.1) is 12.2 Å². The molecule has 0 spiro atoms. The van der Waals surface area contributed by atoms with Gasteiger partial charge in [0.15, 0.2) is 6.29 Å². The molecule has 0 N–H and O–H groups in total. The number of carbonyl (C=O) groups is 1. The summed E-state index contributed by atoms with van der Waals surface area (Å²) in [5.74, 6) is 1.44. The van der Waals surface area contributed by atoms with E-state index in [1.807, 2.05) is 26.0 Å². The molecule has 2 heteroatoms. The summed E-state index contributed by atoms with van der Waals surface area (Å²) in [6.45, 7) is 4.81. The van der Waals surface area contributed by atoms with E-state index >= 15 is 0 Å². The van der Waals surface area contributed by atoms with Crippen LogP contribution in [-0.4, -0.2) is 12.9 Å². The van der Waals surface area contributed by atoms with E-state index in [-0.39, 0.29) is 0 Å². The van der Waals surface area contributed by atoms with E-state index in [0.717, 1.165) is 24.2 Å². The lowest BCUT2D eigenvalue weighted by molar-refractivity contribution is 0.111. The third kappa shape index (κ3) is 2.26. The highest BCUT2D eigenvalue weighted by atomic mass is 16.5. The van der Waals surface area contributed by atoms with Crippen LogP contribution in [0.1, 0.15) is 40.7 Å². The zero-order valence-electron chi connectivity index (χ0n) is 9.95. The van der Waals surface area contributed by atoms with E-state index in [0.29, 0.717) is 11.5 Å². The highest BCUT2D eigenvalue weighted by Crippen LogP contribution is 2.28. The molecule has 0 bridgehead atoms. The van der Waals surface area contributed by atoms with Crippen molar-refractivity contribution in [3.05, 3.63) is 28.8 Å².